The molecule has 28 heavy (non-hydrogen) atoms. The minimum atomic E-state index is -1.37. The highest BCUT2D eigenvalue weighted by Gasteiger charge is 2.66. The number of nitrogens with one attached hydrogen (secondary N) is 1. The first kappa shape index (κ1) is 20.0. The Labute approximate surface area is 164 Å². The number of aromatic nitrogens is 1. The first-order chi connectivity index (χ1) is 13.2. The molecule has 2 atom stereocenters. The molecule has 1 aromatic carbocycles. The first-order valence-electron chi connectivity index (χ1n) is 9.41. The van der Waals surface area contributed by atoms with E-state index in [1.807, 2.05) is 52.0 Å². The van der Waals surface area contributed by atoms with E-state index in [9.17, 15) is 14.7 Å². The van der Waals surface area contributed by atoms with E-state index in [0.29, 0.717) is 12.2 Å². The Kier molecular flexibility index (Phi) is 5.26. The molecule has 1 saturated carbocycles. The summed E-state index contributed by atoms with van der Waals surface area (Å²) in [6.07, 6.45) is 3.16. The number of carbonyl (C=O) groups is 2. The summed E-state index contributed by atoms with van der Waals surface area (Å²) in [7, 11) is 0. The third kappa shape index (κ3) is 3.29. The lowest BCUT2D eigenvalue weighted by Crippen LogP contribution is -2.76. The molecule has 0 spiro atoms. The molecule has 6 nitrogen and oxygen atoms in total. The van der Waals surface area contributed by atoms with Gasteiger partial charge in [0, 0.05) is 36.4 Å². The average molecular weight is 382 g/mol. The molecular formula is C22H26N2O4. The number of nitrogens with zero attached hydrogens (tertiary/aromatic N) is 1. The van der Waals surface area contributed by atoms with E-state index in [0.717, 1.165) is 16.7 Å². The van der Waals surface area contributed by atoms with Gasteiger partial charge < -0.3 is 15.2 Å². The lowest BCUT2D eigenvalue weighted by atomic mass is 9.54. The molecule has 1 heterocycles. The molecular weight excluding hydrogens is 356 g/mol. The summed E-state index contributed by atoms with van der Waals surface area (Å²) in [6.45, 7) is 7.99. The fourth-order valence-electron chi connectivity index (χ4n) is 3.85. The smallest absolute Gasteiger partial charge is 0.330 e. The number of hydrogen-bond acceptors (Lipinski definition) is 4. The van der Waals surface area contributed by atoms with Crippen LogP contribution in [0.4, 0.5) is 0 Å². The number of carboxylic acid groups (broad SMARTS) is 1. The van der Waals surface area contributed by atoms with Crippen LogP contribution in [0.2, 0.25) is 0 Å². The largest absolute Gasteiger partial charge is 0.479 e. The van der Waals surface area contributed by atoms with Gasteiger partial charge in [-0.3, -0.25) is 9.78 Å². The second-order valence-electron chi connectivity index (χ2n) is 7.87. The number of hydrogen-bond donors (Lipinski definition) is 2. The van der Waals surface area contributed by atoms with Crippen LogP contribution in [0.5, 0.6) is 0 Å². The van der Waals surface area contributed by atoms with Crippen LogP contribution in [0.1, 0.15) is 43.1 Å². The van der Waals surface area contributed by atoms with Gasteiger partial charge >= 0.3 is 5.97 Å². The molecule has 1 amide bonds. The average Bonchev–Trinajstić information content (AvgIpc) is 2.66. The van der Waals surface area contributed by atoms with Crippen molar-refractivity contribution in [1.82, 2.24) is 10.3 Å². The van der Waals surface area contributed by atoms with Gasteiger partial charge in [-0.15, -0.1) is 0 Å². The molecule has 1 aliphatic rings. The van der Waals surface area contributed by atoms with Crippen LogP contribution in [0.15, 0.2) is 42.7 Å². The van der Waals surface area contributed by atoms with Gasteiger partial charge in [0.1, 0.15) is 5.54 Å². The molecule has 2 N–H and O–H groups in total. The van der Waals surface area contributed by atoms with E-state index < -0.39 is 22.8 Å². The van der Waals surface area contributed by atoms with Gasteiger partial charge in [0.25, 0.3) is 5.91 Å². The van der Waals surface area contributed by atoms with Crippen molar-refractivity contribution in [2.45, 2.75) is 45.8 Å². The maximum Gasteiger partial charge on any atom is 0.330 e. The van der Waals surface area contributed by atoms with Gasteiger partial charge in [0.05, 0.1) is 11.7 Å². The molecule has 3 rings (SSSR count). The van der Waals surface area contributed by atoms with Crippen LogP contribution in [-0.2, 0) is 9.53 Å². The van der Waals surface area contributed by atoms with Crippen LogP contribution >= 0.6 is 0 Å². The maximum absolute atomic E-state index is 12.9. The standard InChI is InChI=1S/C22H26N2O4/c1-5-28-18-11-22(20(26)27,21(18,3)4)24-19(25)17-10-16(12-23-13-17)15-8-6-7-14(2)9-15/h6-10,12-13,18H,5,11H2,1-4H3,(H,24,25)(H,26,27). The number of aliphatic carboxylic acids is 1. The molecule has 0 aliphatic heterocycles. The normalized spacial score (nSPS) is 22.9. The maximum atomic E-state index is 12.9. The van der Waals surface area contributed by atoms with Crippen molar-refractivity contribution in [3.63, 3.8) is 0 Å². The number of pyridine rings is 1. The molecule has 0 saturated heterocycles. The molecule has 0 bridgehead atoms. The van der Waals surface area contributed by atoms with Gasteiger partial charge in [-0.05, 0) is 25.5 Å². The molecule has 1 aliphatic carbocycles. The fraction of sp³-hybridized carbons (Fsp3) is 0.409. The van der Waals surface area contributed by atoms with Gasteiger partial charge in [-0.25, -0.2) is 4.79 Å². The SMILES string of the molecule is CCOC1CC(NC(=O)c2cncc(-c3cccc(C)c3)c2)(C(=O)O)C1(C)C. The van der Waals surface area contributed by atoms with Crippen LogP contribution in [0.3, 0.4) is 0 Å². The van der Waals surface area contributed by atoms with Crippen molar-refractivity contribution in [3.8, 4) is 11.1 Å². The summed E-state index contributed by atoms with van der Waals surface area (Å²) >= 11 is 0. The Balaban J connectivity index is 1.86. The Morgan fingerprint density at radius 3 is 2.61 bits per heavy atom. The number of rotatable bonds is 6. The summed E-state index contributed by atoms with van der Waals surface area (Å²) in [4.78, 5) is 29.2. The van der Waals surface area contributed by atoms with E-state index >= 15 is 0 Å². The minimum absolute atomic E-state index is 0.217. The molecule has 1 aromatic heterocycles. The van der Waals surface area contributed by atoms with E-state index in [1.165, 1.54) is 6.20 Å². The number of amides is 1. The van der Waals surface area contributed by atoms with Gasteiger partial charge in [0.2, 0.25) is 0 Å². The number of aryl methyl sites for hydroxylation is 1. The lowest BCUT2D eigenvalue weighted by Gasteiger charge is -2.58. The molecule has 2 aromatic rings. The molecule has 1 fully saturated rings. The summed E-state index contributed by atoms with van der Waals surface area (Å²) < 4.78 is 5.65. The Morgan fingerprint density at radius 2 is 2.00 bits per heavy atom. The Hall–Kier alpha value is -2.73. The predicted molar refractivity (Wildman–Crippen MR) is 106 cm³/mol. The van der Waals surface area contributed by atoms with Crippen molar-refractivity contribution in [2.24, 2.45) is 5.41 Å². The molecule has 148 valence electrons. The van der Waals surface area contributed by atoms with Crippen LogP contribution in [0.25, 0.3) is 11.1 Å². The van der Waals surface area contributed by atoms with Crippen molar-refractivity contribution in [1.29, 1.82) is 0 Å². The van der Waals surface area contributed by atoms with Crippen molar-refractivity contribution in [2.75, 3.05) is 6.61 Å². The summed E-state index contributed by atoms with van der Waals surface area (Å²) in [6, 6.07) is 9.64. The zero-order chi connectivity index (χ0) is 20.5. The molecule has 0 radical (unpaired) electrons. The number of carboxylic acids is 1. The van der Waals surface area contributed by atoms with E-state index in [1.54, 1.807) is 12.3 Å². The van der Waals surface area contributed by atoms with Crippen LogP contribution in [0, 0.1) is 12.3 Å². The third-order valence-electron chi connectivity index (χ3n) is 5.81. The van der Waals surface area contributed by atoms with Crippen LogP contribution < -0.4 is 5.32 Å². The summed E-state index contributed by atoms with van der Waals surface area (Å²) in [5, 5.41) is 12.6. The van der Waals surface area contributed by atoms with Crippen molar-refractivity contribution in [3.05, 3.63) is 53.9 Å². The predicted octanol–water partition coefficient (Wildman–Crippen LogP) is 3.45. The zero-order valence-corrected chi connectivity index (χ0v) is 16.7. The van der Waals surface area contributed by atoms with E-state index in [2.05, 4.69) is 10.3 Å². The number of benzene rings is 1. The van der Waals surface area contributed by atoms with Gasteiger partial charge in [-0.2, -0.15) is 0 Å². The Bertz CT molecular complexity index is 909. The highest BCUT2D eigenvalue weighted by Crippen LogP contribution is 2.51. The monoisotopic (exact) mass is 382 g/mol. The van der Waals surface area contributed by atoms with Gasteiger partial charge in [-0.1, -0.05) is 43.7 Å². The first-order valence-corrected chi connectivity index (χ1v) is 9.41. The van der Waals surface area contributed by atoms with E-state index in [-0.39, 0.29) is 12.5 Å². The lowest BCUT2D eigenvalue weighted by molar-refractivity contribution is -0.190. The third-order valence-corrected chi connectivity index (χ3v) is 5.81. The topological polar surface area (TPSA) is 88.5 Å². The molecule has 6 heteroatoms. The fourth-order valence-corrected chi connectivity index (χ4v) is 3.85. The summed E-state index contributed by atoms with van der Waals surface area (Å²) in [5.41, 5.74) is 1.09. The zero-order valence-electron chi connectivity index (χ0n) is 16.7. The van der Waals surface area contributed by atoms with Crippen LogP contribution in [-0.4, -0.2) is 40.2 Å². The summed E-state index contributed by atoms with van der Waals surface area (Å²) in [5.74, 6) is -1.50. The number of ether oxygens (including phenoxy) is 1. The Morgan fingerprint density at radius 1 is 1.25 bits per heavy atom. The quantitative estimate of drug-likeness (QED) is 0.799. The van der Waals surface area contributed by atoms with Crippen molar-refractivity contribution < 1.29 is 19.4 Å². The van der Waals surface area contributed by atoms with Crippen molar-refractivity contribution >= 4 is 11.9 Å². The second kappa shape index (κ2) is 7.36. The highest BCUT2D eigenvalue weighted by atomic mass is 16.5. The minimum Gasteiger partial charge on any atom is -0.479 e. The number of carbonyl (C=O) groups excluding carboxylic acids is 1. The van der Waals surface area contributed by atoms with Gasteiger partial charge in [0.15, 0.2) is 0 Å². The second-order valence-corrected chi connectivity index (χ2v) is 7.87. The highest BCUT2D eigenvalue weighted by molar-refractivity contribution is 5.99. The van der Waals surface area contributed by atoms with E-state index in [4.69, 9.17) is 4.74 Å². The molecule has 2 unspecified atom stereocenters.